The third-order valence-electron chi connectivity index (χ3n) is 7.34. The number of hydrogen-bond acceptors (Lipinski definition) is 2. The predicted molar refractivity (Wildman–Crippen MR) is 151 cm³/mol. The number of rotatable bonds is 3. The fraction of sp³-hybridized carbons (Fsp3) is 0.188. The van der Waals surface area contributed by atoms with Crippen molar-refractivity contribution < 1.29 is 4.79 Å². The summed E-state index contributed by atoms with van der Waals surface area (Å²) in [5.74, 6) is 0.966. The quantitative estimate of drug-likeness (QED) is 0.288. The van der Waals surface area contributed by atoms with Gasteiger partial charge in [0.1, 0.15) is 5.82 Å². The molecule has 0 saturated carbocycles. The van der Waals surface area contributed by atoms with Gasteiger partial charge in [-0.15, -0.1) is 0 Å². The minimum Gasteiger partial charge on any atom is -0.308 e. The second-order valence-corrected chi connectivity index (χ2v) is 10.1. The van der Waals surface area contributed by atoms with Crippen LogP contribution in [0.15, 0.2) is 91.1 Å². The van der Waals surface area contributed by atoms with Crippen LogP contribution < -0.4 is 5.32 Å². The van der Waals surface area contributed by atoms with Crippen molar-refractivity contribution >= 4 is 11.7 Å². The molecule has 1 aliphatic heterocycles. The Balaban J connectivity index is 1.54. The molecule has 0 unspecified atom stereocenters. The zero-order valence-corrected chi connectivity index (χ0v) is 22.1. The molecule has 5 aromatic rings. The van der Waals surface area contributed by atoms with Gasteiger partial charge in [0.2, 0.25) is 0 Å². The maximum absolute atomic E-state index is 14.2. The van der Waals surface area contributed by atoms with E-state index in [1.165, 1.54) is 0 Å². The molecule has 0 fully saturated rings. The first-order valence-electron chi connectivity index (χ1n) is 12.9. The number of anilines is 1. The Hall–Kier alpha value is -4.58. The van der Waals surface area contributed by atoms with E-state index in [1.807, 2.05) is 66.8 Å². The number of carbonyl (C=O) groups is 1. The number of para-hydroxylation sites is 1. The number of fused-ring (bicyclic) bond motifs is 3. The molecule has 1 N–H and O–H groups in total. The normalized spacial score (nSPS) is 14.5. The first kappa shape index (κ1) is 23.8. The molecule has 190 valence electrons. The van der Waals surface area contributed by atoms with E-state index in [4.69, 9.17) is 5.10 Å². The second-order valence-electron chi connectivity index (χ2n) is 10.1. The molecule has 0 radical (unpaired) electrons. The van der Waals surface area contributed by atoms with Gasteiger partial charge in [0.25, 0.3) is 0 Å². The molecule has 3 heterocycles. The fourth-order valence-corrected chi connectivity index (χ4v) is 5.40. The standard InChI is InChI=1S/C32H31N5O/c1-21-10-8-11-25(18-21)30-29-14-9-17-35(29)31-27(24(4)34-37(31)26-12-6-5-7-13-26)20-36(30)32(38)33-28-19-22(2)15-16-23(28)3/h5-19,30H,20H2,1-4H3,(H,33,38)/t30-/m1/s1. The SMILES string of the molecule is Cc1cccc([C@@H]2c3cccn3-c3c(c(C)nn3-c3ccccc3)CN2C(=O)Nc2cc(C)ccc2C)c1. The van der Waals surface area contributed by atoms with E-state index >= 15 is 0 Å². The number of hydrogen-bond donors (Lipinski definition) is 1. The highest BCUT2D eigenvalue weighted by molar-refractivity contribution is 5.91. The van der Waals surface area contributed by atoms with E-state index in [0.29, 0.717) is 6.54 Å². The molecule has 1 atom stereocenters. The summed E-state index contributed by atoms with van der Waals surface area (Å²) in [6, 6.07) is 28.5. The molecular formula is C32H31N5O. The van der Waals surface area contributed by atoms with Crippen molar-refractivity contribution in [2.45, 2.75) is 40.3 Å². The van der Waals surface area contributed by atoms with Crippen LogP contribution in [0.5, 0.6) is 0 Å². The van der Waals surface area contributed by atoms with Gasteiger partial charge in [0, 0.05) is 17.4 Å². The van der Waals surface area contributed by atoms with Crippen LogP contribution in [0, 0.1) is 27.7 Å². The summed E-state index contributed by atoms with van der Waals surface area (Å²) >= 11 is 0. The monoisotopic (exact) mass is 501 g/mol. The van der Waals surface area contributed by atoms with Crippen LogP contribution in [0.1, 0.15) is 45.2 Å². The summed E-state index contributed by atoms with van der Waals surface area (Å²) < 4.78 is 4.19. The van der Waals surface area contributed by atoms with Crippen molar-refractivity contribution in [1.29, 1.82) is 0 Å². The molecule has 6 rings (SSSR count). The van der Waals surface area contributed by atoms with Gasteiger partial charge in [-0.3, -0.25) is 0 Å². The highest BCUT2D eigenvalue weighted by Gasteiger charge is 2.36. The highest BCUT2D eigenvalue weighted by Crippen LogP contribution is 2.39. The largest absolute Gasteiger partial charge is 0.322 e. The van der Waals surface area contributed by atoms with Crippen LogP contribution >= 0.6 is 0 Å². The van der Waals surface area contributed by atoms with Gasteiger partial charge < -0.3 is 14.8 Å². The number of amides is 2. The molecule has 0 bridgehead atoms. The first-order chi connectivity index (χ1) is 18.4. The van der Waals surface area contributed by atoms with Crippen molar-refractivity contribution in [3.8, 4) is 11.5 Å². The van der Waals surface area contributed by atoms with E-state index in [9.17, 15) is 4.79 Å². The highest BCUT2D eigenvalue weighted by atomic mass is 16.2. The summed E-state index contributed by atoms with van der Waals surface area (Å²) in [4.78, 5) is 16.1. The van der Waals surface area contributed by atoms with Gasteiger partial charge in [-0.2, -0.15) is 5.10 Å². The van der Waals surface area contributed by atoms with Crippen molar-refractivity contribution in [3.05, 3.63) is 130 Å². The number of aryl methyl sites for hydroxylation is 4. The van der Waals surface area contributed by atoms with Gasteiger partial charge in [0.05, 0.1) is 29.7 Å². The van der Waals surface area contributed by atoms with Crippen LogP contribution in [0.25, 0.3) is 11.5 Å². The Bertz CT molecular complexity index is 1650. The maximum atomic E-state index is 14.2. The number of nitrogens with zero attached hydrogens (tertiary/aromatic N) is 4. The van der Waals surface area contributed by atoms with Crippen molar-refractivity contribution in [2.24, 2.45) is 0 Å². The summed E-state index contributed by atoms with van der Waals surface area (Å²) in [7, 11) is 0. The summed E-state index contributed by atoms with van der Waals surface area (Å²) in [6.45, 7) is 8.59. The number of benzene rings is 3. The molecule has 2 aromatic heterocycles. The number of aromatic nitrogens is 3. The van der Waals surface area contributed by atoms with Gasteiger partial charge in [-0.05, 0) is 74.7 Å². The van der Waals surface area contributed by atoms with Crippen molar-refractivity contribution in [3.63, 3.8) is 0 Å². The molecule has 38 heavy (non-hydrogen) atoms. The van der Waals surface area contributed by atoms with Crippen LogP contribution in [-0.4, -0.2) is 25.3 Å². The summed E-state index contributed by atoms with van der Waals surface area (Å²) in [5, 5.41) is 8.16. The molecular weight excluding hydrogens is 470 g/mol. The lowest BCUT2D eigenvalue weighted by atomic mass is 10.00. The van der Waals surface area contributed by atoms with Crippen molar-refractivity contribution in [2.75, 3.05) is 5.32 Å². The van der Waals surface area contributed by atoms with Crippen LogP contribution in [0.2, 0.25) is 0 Å². The minimum absolute atomic E-state index is 0.141. The smallest absolute Gasteiger partial charge is 0.308 e. The average molecular weight is 502 g/mol. The molecule has 2 amide bonds. The lowest BCUT2D eigenvalue weighted by Gasteiger charge is -2.31. The fourth-order valence-electron chi connectivity index (χ4n) is 5.40. The van der Waals surface area contributed by atoms with Crippen molar-refractivity contribution in [1.82, 2.24) is 19.2 Å². The number of nitrogens with one attached hydrogen (secondary N) is 1. The van der Waals surface area contributed by atoms with Crippen LogP contribution in [0.4, 0.5) is 10.5 Å². The Morgan fingerprint density at radius 2 is 1.66 bits per heavy atom. The zero-order chi connectivity index (χ0) is 26.4. The van der Waals surface area contributed by atoms with Gasteiger partial charge in [0.15, 0.2) is 0 Å². The molecule has 3 aromatic carbocycles. The third kappa shape index (κ3) is 4.08. The number of carbonyl (C=O) groups excluding carboxylic acids is 1. The molecule has 6 heteroatoms. The maximum Gasteiger partial charge on any atom is 0.322 e. The molecule has 0 spiro atoms. The Morgan fingerprint density at radius 1 is 0.868 bits per heavy atom. The lowest BCUT2D eigenvalue weighted by molar-refractivity contribution is 0.194. The van der Waals surface area contributed by atoms with Gasteiger partial charge in [-0.25, -0.2) is 9.48 Å². The minimum atomic E-state index is -0.286. The Kier molecular flexibility index (Phi) is 5.87. The van der Waals surface area contributed by atoms with E-state index < -0.39 is 0 Å². The predicted octanol–water partition coefficient (Wildman–Crippen LogP) is 7.03. The summed E-state index contributed by atoms with van der Waals surface area (Å²) in [6.07, 6.45) is 2.07. The van der Waals surface area contributed by atoms with E-state index in [2.05, 4.69) is 71.5 Å². The average Bonchev–Trinajstić information content (AvgIpc) is 3.47. The Labute approximate surface area is 223 Å². The molecule has 6 nitrogen and oxygen atoms in total. The molecule has 0 saturated heterocycles. The summed E-state index contributed by atoms with van der Waals surface area (Å²) in [5.41, 5.74) is 9.12. The Morgan fingerprint density at radius 3 is 2.45 bits per heavy atom. The topological polar surface area (TPSA) is 55.1 Å². The second kappa shape index (κ2) is 9.38. The first-order valence-corrected chi connectivity index (χ1v) is 12.9. The van der Waals surface area contributed by atoms with E-state index in [-0.39, 0.29) is 12.1 Å². The van der Waals surface area contributed by atoms with Crippen LogP contribution in [-0.2, 0) is 6.54 Å². The zero-order valence-electron chi connectivity index (χ0n) is 22.1. The van der Waals surface area contributed by atoms with E-state index in [1.54, 1.807) is 0 Å². The van der Waals surface area contributed by atoms with Gasteiger partial charge >= 0.3 is 6.03 Å². The molecule has 1 aliphatic rings. The van der Waals surface area contributed by atoms with Gasteiger partial charge in [-0.1, -0.05) is 60.2 Å². The molecule has 0 aliphatic carbocycles. The lowest BCUT2D eigenvalue weighted by Crippen LogP contribution is -2.38. The van der Waals surface area contributed by atoms with Crippen LogP contribution in [0.3, 0.4) is 0 Å². The van der Waals surface area contributed by atoms with E-state index in [0.717, 1.165) is 56.4 Å². The third-order valence-corrected chi connectivity index (χ3v) is 7.34. The number of urea groups is 1.